The van der Waals surface area contributed by atoms with E-state index in [9.17, 15) is 8.42 Å². The highest BCUT2D eigenvalue weighted by Gasteiger charge is 2.41. The fourth-order valence-electron chi connectivity index (χ4n) is 3.34. The predicted molar refractivity (Wildman–Crippen MR) is 88.8 cm³/mol. The average molecular weight is 340 g/mol. The first-order chi connectivity index (χ1) is 9.25. The lowest BCUT2D eigenvalue weighted by Gasteiger charge is -2.44. The largest absolute Gasteiger partial charge is 0.327 e. The van der Waals surface area contributed by atoms with Gasteiger partial charge in [-0.25, -0.2) is 0 Å². The van der Waals surface area contributed by atoms with E-state index in [0.29, 0.717) is 13.1 Å². The molecule has 2 fully saturated rings. The van der Waals surface area contributed by atoms with Crippen LogP contribution in [0.25, 0.3) is 0 Å². The SMILES string of the molecule is CN(C1CCCCC1)S(=O)(=O)N1CCC(N)C(C)(C)C1.Cl. The molecule has 0 spiro atoms. The van der Waals surface area contributed by atoms with Gasteiger partial charge in [0.25, 0.3) is 10.2 Å². The molecule has 2 aliphatic rings. The van der Waals surface area contributed by atoms with Crippen molar-refractivity contribution in [1.82, 2.24) is 8.61 Å². The highest BCUT2D eigenvalue weighted by atomic mass is 35.5. The minimum atomic E-state index is -3.35. The summed E-state index contributed by atoms with van der Waals surface area (Å²) in [5.41, 5.74) is 5.95. The third kappa shape index (κ3) is 4.10. The van der Waals surface area contributed by atoms with Gasteiger partial charge in [-0.05, 0) is 24.7 Å². The number of hydrogen-bond acceptors (Lipinski definition) is 3. The van der Waals surface area contributed by atoms with Crippen LogP contribution in [0.15, 0.2) is 0 Å². The fourth-order valence-corrected chi connectivity index (χ4v) is 5.12. The Morgan fingerprint density at radius 3 is 2.24 bits per heavy atom. The maximum atomic E-state index is 12.8. The number of piperidine rings is 1. The molecule has 0 bridgehead atoms. The molecule has 1 saturated carbocycles. The molecule has 21 heavy (non-hydrogen) atoms. The Hall–Kier alpha value is 0.120. The summed E-state index contributed by atoms with van der Waals surface area (Å²) >= 11 is 0. The molecular weight excluding hydrogens is 310 g/mol. The van der Waals surface area contributed by atoms with E-state index in [-0.39, 0.29) is 29.9 Å². The van der Waals surface area contributed by atoms with E-state index < -0.39 is 10.2 Å². The van der Waals surface area contributed by atoms with Crippen molar-refractivity contribution >= 4 is 22.6 Å². The number of halogens is 1. The molecule has 126 valence electrons. The maximum Gasteiger partial charge on any atom is 0.281 e. The topological polar surface area (TPSA) is 66.6 Å². The third-order valence-corrected chi connectivity index (χ3v) is 7.05. The normalized spacial score (nSPS) is 28.3. The molecule has 5 nitrogen and oxygen atoms in total. The quantitative estimate of drug-likeness (QED) is 0.854. The van der Waals surface area contributed by atoms with Gasteiger partial charge in [-0.2, -0.15) is 17.0 Å². The summed E-state index contributed by atoms with van der Waals surface area (Å²) in [4.78, 5) is 0. The zero-order valence-corrected chi connectivity index (χ0v) is 15.0. The average Bonchev–Trinajstić information content (AvgIpc) is 2.41. The number of hydrogen-bond donors (Lipinski definition) is 1. The molecule has 0 aromatic rings. The summed E-state index contributed by atoms with van der Waals surface area (Å²) < 4.78 is 28.8. The summed E-state index contributed by atoms with van der Waals surface area (Å²) in [6.45, 7) is 5.18. The van der Waals surface area contributed by atoms with E-state index in [1.165, 1.54) is 6.42 Å². The van der Waals surface area contributed by atoms with Crippen molar-refractivity contribution < 1.29 is 8.42 Å². The fraction of sp³-hybridized carbons (Fsp3) is 1.00. The number of rotatable bonds is 3. The van der Waals surface area contributed by atoms with Gasteiger partial charge < -0.3 is 5.73 Å². The molecule has 0 aromatic carbocycles. The Labute approximate surface area is 135 Å². The van der Waals surface area contributed by atoms with E-state index in [1.54, 1.807) is 15.7 Å². The van der Waals surface area contributed by atoms with Crippen molar-refractivity contribution in [1.29, 1.82) is 0 Å². The van der Waals surface area contributed by atoms with Crippen LogP contribution in [0.4, 0.5) is 0 Å². The zero-order valence-electron chi connectivity index (χ0n) is 13.4. The van der Waals surface area contributed by atoms with Crippen molar-refractivity contribution in [2.75, 3.05) is 20.1 Å². The first-order valence-electron chi connectivity index (χ1n) is 7.74. The van der Waals surface area contributed by atoms with Crippen LogP contribution in [0.1, 0.15) is 52.4 Å². The number of nitrogens with zero attached hydrogens (tertiary/aromatic N) is 2. The summed E-state index contributed by atoms with van der Waals surface area (Å²) in [7, 11) is -1.60. The van der Waals surface area contributed by atoms with Crippen LogP contribution in [0.3, 0.4) is 0 Å². The van der Waals surface area contributed by atoms with Gasteiger partial charge >= 0.3 is 0 Å². The molecule has 1 aliphatic heterocycles. The van der Waals surface area contributed by atoms with Gasteiger partial charge in [0, 0.05) is 32.2 Å². The lowest BCUT2D eigenvalue weighted by atomic mass is 9.81. The van der Waals surface area contributed by atoms with Gasteiger partial charge in [0.15, 0.2) is 0 Å². The molecule has 1 saturated heterocycles. The second kappa shape index (κ2) is 7.13. The Bertz CT molecular complexity index is 436. The second-order valence-electron chi connectivity index (χ2n) is 7.03. The maximum absolute atomic E-state index is 12.8. The third-order valence-electron chi connectivity index (χ3n) is 5.06. The summed E-state index contributed by atoms with van der Waals surface area (Å²) in [6, 6.07) is 0.251. The Morgan fingerprint density at radius 1 is 1.14 bits per heavy atom. The van der Waals surface area contributed by atoms with Gasteiger partial charge in [-0.1, -0.05) is 33.1 Å². The van der Waals surface area contributed by atoms with E-state index in [0.717, 1.165) is 32.1 Å². The van der Waals surface area contributed by atoms with Crippen LogP contribution in [0, 0.1) is 5.41 Å². The Kier molecular flexibility index (Phi) is 6.51. The molecular formula is C14H30ClN3O2S. The first kappa shape index (κ1) is 19.2. The van der Waals surface area contributed by atoms with Crippen LogP contribution in [-0.2, 0) is 10.2 Å². The van der Waals surface area contributed by atoms with Gasteiger partial charge in [-0.3, -0.25) is 0 Å². The van der Waals surface area contributed by atoms with E-state index in [2.05, 4.69) is 13.8 Å². The highest BCUT2D eigenvalue weighted by Crippen LogP contribution is 2.31. The second-order valence-corrected chi connectivity index (χ2v) is 9.02. The van der Waals surface area contributed by atoms with Crippen LogP contribution < -0.4 is 5.73 Å². The van der Waals surface area contributed by atoms with Crippen molar-refractivity contribution in [2.45, 2.75) is 64.5 Å². The molecule has 1 heterocycles. The molecule has 0 amide bonds. The summed E-state index contributed by atoms with van der Waals surface area (Å²) in [5, 5.41) is 0. The standard InChI is InChI=1S/C14H29N3O2S.ClH/c1-14(2)11-17(10-9-13(14)15)20(18,19)16(3)12-7-5-4-6-8-12;/h12-13H,4-11,15H2,1-3H3;1H. The van der Waals surface area contributed by atoms with Gasteiger partial charge in [0.05, 0.1) is 0 Å². The first-order valence-corrected chi connectivity index (χ1v) is 9.13. The molecule has 7 heteroatoms. The molecule has 1 aliphatic carbocycles. The molecule has 0 radical (unpaired) electrons. The van der Waals surface area contributed by atoms with E-state index in [4.69, 9.17) is 5.73 Å². The Morgan fingerprint density at radius 2 is 1.71 bits per heavy atom. The van der Waals surface area contributed by atoms with Crippen molar-refractivity contribution in [3.8, 4) is 0 Å². The Balaban J connectivity index is 0.00000220. The summed E-state index contributed by atoms with van der Waals surface area (Å²) in [6.07, 6.45) is 6.24. The van der Waals surface area contributed by atoms with Crippen LogP contribution in [-0.4, -0.2) is 49.2 Å². The predicted octanol–water partition coefficient (Wildman–Crippen LogP) is 1.98. The van der Waals surface area contributed by atoms with Crippen LogP contribution in [0.2, 0.25) is 0 Å². The van der Waals surface area contributed by atoms with Crippen molar-refractivity contribution in [3.63, 3.8) is 0 Å². The molecule has 0 aromatic heterocycles. The highest BCUT2D eigenvalue weighted by molar-refractivity contribution is 7.86. The van der Waals surface area contributed by atoms with Crippen LogP contribution in [0.5, 0.6) is 0 Å². The molecule has 1 atom stereocenters. The minimum Gasteiger partial charge on any atom is -0.327 e. The van der Waals surface area contributed by atoms with E-state index in [1.807, 2.05) is 0 Å². The van der Waals surface area contributed by atoms with E-state index >= 15 is 0 Å². The summed E-state index contributed by atoms with van der Waals surface area (Å²) in [5.74, 6) is 0. The molecule has 1 unspecified atom stereocenters. The monoisotopic (exact) mass is 339 g/mol. The lowest BCUT2D eigenvalue weighted by molar-refractivity contribution is 0.145. The number of nitrogens with two attached hydrogens (primary N) is 1. The van der Waals surface area contributed by atoms with Crippen molar-refractivity contribution in [2.24, 2.45) is 11.1 Å². The smallest absolute Gasteiger partial charge is 0.281 e. The van der Waals surface area contributed by atoms with Crippen molar-refractivity contribution in [3.05, 3.63) is 0 Å². The van der Waals surface area contributed by atoms with Crippen LogP contribution >= 0.6 is 12.4 Å². The molecule has 2 N–H and O–H groups in total. The van der Waals surface area contributed by atoms with Gasteiger partial charge in [0.2, 0.25) is 0 Å². The lowest BCUT2D eigenvalue weighted by Crippen LogP contribution is -2.57. The molecule has 2 rings (SSSR count). The van der Waals surface area contributed by atoms with Gasteiger partial charge in [-0.15, -0.1) is 12.4 Å². The van der Waals surface area contributed by atoms with Gasteiger partial charge in [0.1, 0.15) is 0 Å². The minimum absolute atomic E-state index is 0. The zero-order chi connectivity index (χ0) is 15.0.